The molecule has 5 nitrogen and oxygen atoms in total. The summed E-state index contributed by atoms with van der Waals surface area (Å²) in [5, 5.41) is 10.1. The van der Waals surface area contributed by atoms with Crippen molar-refractivity contribution in [2.24, 2.45) is 5.92 Å². The number of thiazole rings is 1. The predicted octanol–water partition coefficient (Wildman–Crippen LogP) is 3.19. The normalized spacial score (nSPS) is 14.8. The fraction of sp³-hybridized carbons (Fsp3) is 0.438. The van der Waals surface area contributed by atoms with E-state index in [1.165, 1.54) is 11.3 Å². The van der Waals surface area contributed by atoms with Gasteiger partial charge in [-0.1, -0.05) is 18.9 Å². The van der Waals surface area contributed by atoms with E-state index >= 15 is 0 Å². The van der Waals surface area contributed by atoms with Crippen LogP contribution in [0.15, 0.2) is 22.9 Å². The highest BCUT2D eigenvalue weighted by Gasteiger charge is 2.23. The Morgan fingerprint density at radius 3 is 2.83 bits per heavy atom. The Morgan fingerprint density at radius 2 is 2.09 bits per heavy atom. The van der Waals surface area contributed by atoms with Gasteiger partial charge in [0, 0.05) is 16.2 Å². The van der Waals surface area contributed by atoms with Crippen LogP contribution in [0, 0.1) is 5.92 Å². The van der Waals surface area contributed by atoms with Crippen molar-refractivity contribution in [3.05, 3.63) is 33.5 Å². The summed E-state index contributed by atoms with van der Waals surface area (Å²) in [6.45, 7) is 0.548. The Bertz CT molecular complexity index is 661. The number of amides is 2. The Labute approximate surface area is 143 Å². The molecule has 0 unspecified atom stereocenters. The van der Waals surface area contributed by atoms with Crippen LogP contribution in [0.5, 0.6) is 0 Å². The number of nitrogens with zero attached hydrogens (tertiary/aromatic N) is 1. The lowest BCUT2D eigenvalue weighted by Gasteiger charge is -2.07. The fourth-order valence-corrected chi connectivity index (χ4v) is 4.02. The topological polar surface area (TPSA) is 71.1 Å². The van der Waals surface area contributed by atoms with Crippen LogP contribution in [0.3, 0.4) is 0 Å². The van der Waals surface area contributed by atoms with Gasteiger partial charge in [0.1, 0.15) is 0 Å². The van der Waals surface area contributed by atoms with E-state index in [2.05, 4.69) is 15.6 Å². The molecular weight excluding hydrogens is 330 g/mol. The number of hydrogen-bond acceptors (Lipinski definition) is 5. The number of carbonyl (C=O) groups is 2. The third kappa shape index (κ3) is 4.62. The van der Waals surface area contributed by atoms with Gasteiger partial charge in [0.2, 0.25) is 11.8 Å². The molecule has 122 valence electrons. The third-order valence-corrected chi connectivity index (χ3v) is 5.57. The van der Waals surface area contributed by atoms with Crippen LogP contribution in [-0.2, 0) is 22.6 Å². The molecule has 1 aliphatic carbocycles. The average molecular weight is 349 g/mol. The molecular formula is C16H19N3O2S2. The molecule has 1 fully saturated rings. The molecule has 0 aromatic carbocycles. The Morgan fingerprint density at radius 1 is 1.26 bits per heavy atom. The molecule has 1 aliphatic rings. The Kier molecular flexibility index (Phi) is 5.40. The van der Waals surface area contributed by atoms with Gasteiger partial charge in [0.05, 0.1) is 18.7 Å². The highest BCUT2D eigenvalue weighted by atomic mass is 32.1. The first-order valence-electron chi connectivity index (χ1n) is 7.75. The van der Waals surface area contributed by atoms with Crippen LogP contribution in [0.1, 0.15) is 36.3 Å². The Hall–Kier alpha value is -1.73. The molecule has 0 saturated heterocycles. The van der Waals surface area contributed by atoms with E-state index in [1.54, 1.807) is 11.3 Å². The van der Waals surface area contributed by atoms with Crippen molar-refractivity contribution in [2.45, 2.75) is 38.6 Å². The number of anilines is 1. The van der Waals surface area contributed by atoms with Gasteiger partial charge in [0.25, 0.3) is 0 Å². The van der Waals surface area contributed by atoms with Crippen molar-refractivity contribution in [3.63, 3.8) is 0 Å². The van der Waals surface area contributed by atoms with Crippen molar-refractivity contribution >= 4 is 39.6 Å². The molecule has 0 bridgehead atoms. The first-order chi connectivity index (χ1) is 11.2. The number of hydrogen-bond donors (Lipinski definition) is 2. The lowest BCUT2D eigenvalue weighted by molar-refractivity contribution is -0.121. The number of aromatic nitrogens is 1. The first-order valence-corrected chi connectivity index (χ1v) is 9.51. The van der Waals surface area contributed by atoms with E-state index in [0.29, 0.717) is 17.4 Å². The van der Waals surface area contributed by atoms with E-state index in [4.69, 9.17) is 0 Å². The lowest BCUT2D eigenvalue weighted by atomic mass is 10.1. The molecule has 2 aromatic rings. The zero-order valence-corrected chi connectivity index (χ0v) is 14.3. The Balaban J connectivity index is 1.46. The van der Waals surface area contributed by atoms with Gasteiger partial charge in [0.15, 0.2) is 5.13 Å². The molecule has 0 spiro atoms. The molecule has 0 atom stereocenters. The maximum absolute atomic E-state index is 12.1. The van der Waals surface area contributed by atoms with Crippen LogP contribution in [0.2, 0.25) is 0 Å². The SMILES string of the molecule is O=C(Cc1csc(NC(=O)C2CCCC2)n1)NCc1cccs1. The van der Waals surface area contributed by atoms with Gasteiger partial charge in [-0.3, -0.25) is 9.59 Å². The summed E-state index contributed by atoms with van der Waals surface area (Å²) < 4.78 is 0. The molecule has 0 radical (unpaired) electrons. The smallest absolute Gasteiger partial charge is 0.229 e. The molecule has 0 aliphatic heterocycles. The van der Waals surface area contributed by atoms with E-state index in [0.717, 1.165) is 30.6 Å². The number of thiophene rings is 1. The monoisotopic (exact) mass is 349 g/mol. The number of rotatable bonds is 6. The van der Waals surface area contributed by atoms with E-state index in [9.17, 15) is 9.59 Å². The summed E-state index contributed by atoms with van der Waals surface area (Å²) in [5.74, 6) is 0.124. The zero-order chi connectivity index (χ0) is 16.1. The second-order valence-electron chi connectivity index (χ2n) is 5.65. The standard InChI is InChI=1S/C16H19N3O2S2/c20-14(17-9-13-6-3-7-22-13)8-12-10-23-16(18-12)19-15(21)11-4-1-2-5-11/h3,6-7,10-11H,1-2,4-5,8-9H2,(H,17,20)(H,18,19,21). The van der Waals surface area contributed by atoms with E-state index in [-0.39, 0.29) is 24.2 Å². The molecule has 3 rings (SSSR count). The van der Waals surface area contributed by atoms with Crippen LogP contribution in [0.25, 0.3) is 0 Å². The molecule has 1 saturated carbocycles. The molecule has 2 aromatic heterocycles. The van der Waals surface area contributed by atoms with Gasteiger partial charge in [-0.2, -0.15) is 0 Å². The summed E-state index contributed by atoms with van der Waals surface area (Å²) in [7, 11) is 0. The number of carbonyl (C=O) groups excluding carboxylic acids is 2. The second-order valence-corrected chi connectivity index (χ2v) is 7.54. The van der Waals surface area contributed by atoms with Crippen molar-refractivity contribution in [1.82, 2.24) is 10.3 Å². The van der Waals surface area contributed by atoms with Gasteiger partial charge >= 0.3 is 0 Å². The molecule has 2 amide bonds. The van der Waals surface area contributed by atoms with Crippen LogP contribution in [-0.4, -0.2) is 16.8 Å². The molecule has 2 heterocycles. The summed E-state index contributed by atoms with van der Waals surface area (Å²) in [6, 6.07) is 3.95. The minimum Gasteiger partial charge on any atom is -0.351 e. The average Bonchev–Trinajstić information content (AvgIpc) is 3.28. The van der Waals surface area contributed by atoms with Crippen LogP contribution in [0.4, 0.5) is 5.13 Å². The van der Waals surface area contributed by atoms with Crippen LogP contribution < -0.4 is 10.6 Å². The summed E-state index contributed by atoms with van der Waals surface area (Å²) in [5.41, 5.74) is 0.695. The number of nitrogens with one attached hydrogen (secondary N) is 2. The van der Waals surface area contributed by atoms with E-state index in [1.807, 2.05) is 22.9 Å². The minimum atomic E-state index is -0.0580. The summed E-state index contributed by atoms with van der Waals surface area (Å²) >= 11 is 2.99. The van der Waals surface area contributed by atoms with Gasteiger partial charge < -0.3 is 10.6 Å². The lowest BCUT2D eigenvalue weighted by Crippen LogP contribution is -2.24. The molecule has 2 N–H and O–H groups in total. The van der Waals surface area contributed by atoms with Crippen molar-refractivity contribution in [3.8, 4) is 0 Å². The van der Waals surface area contributed by atoms with Gasteiger partial charge in [-0.15, -0.1) is 22.7 Å². The third-order valence-electron chi connectivity index (χ3n) is 3.89. The molecule has 23 heavy (non-hydrogen) atoms. The highest BCUT2D eigenvalue weighted by molar-refractivity contribution is 7.14. The van der Waals surface area contributed by atoms with Gasteiger partial charge in [-0.25, -0.2) is 4.98 Å². The van der Waals surface area contributed by atoms with Crippen molar-refractivity contribution in [2.75, 3.05) is 5.32 Å². The maximum atomic E-state index is 12.1. The quantitative estimate of drug-likeness (QED) is 0.841. The van der Waals surface area contributed by atoms with Crippen molar-refractivity contribution < 1.29 is 9.59 Å². The van der Waals surface area contributed by atoms with E-state index < -0.39 is 0 Å². The first kappa shape index (κ1) is 16.1. The van der Waals surface area contributed by atoms with Gasteiger partial charge in [-0.05, 0) is 24.3 Å². The largest absolute Gasteiger partial charge is 0.351 e. The fourth-order valence-electron chi connectivity index (χ4n) is 2.67. The molecule has 7 heteroatoms. The maximum Gasteiger partial charge on any atom is 0.229 e. The summed E-state index contributed by atoms with van der Waals surface area (Å²) in [6.07, 6.45) is 4.43. The second kappa shape index (κ2) is 7.70. The zero-order valence-electron chi connectivity index (χ0n) is 12.7. The predicted molar refractivity (Wildman–Crippen MR) is 92.6 cm³/mol. The highest BCUT2D eigenvalue weighted by Crippen LogP contribution is 2.26. The minimum absolute atomic E-state index is 0.0580. The van der Waals surface area contributed by atoms with Crippen molar-refractivity contribution in [1.29, 1.82) is 0 Å². The summed E-state index contributed by atoms with van der Waals surface area (Å²) in [4.78, 5) is 29.4. The van der Waals surface area contributed by atoms with Crippen LogP contribution >= 0.6 is 22.7 Å².